The van der Waals surface area contributed by atoms with Crippen molar-refractivity contribution < 1.29 is 9.13 Å². The van der Waals surface area contributed by atoms with E-state index in [1.807, 2.05) is 18.2 Å². The summed E-state index contributed by atoms with van der Waals surface area (Å²) in [5, 5.41) is 0. The smallest absolute Gasteiger partial charge is 0.173 e. The monoisotopic (exact) mass is 152 g/mol. The highest BCUT2D eigenvalue weighted by Gasteiger charge is 2.22. The SMILES string of the molecule is FCCCc1cccc2c1O2. The summed E-state index contributed by atoms with van der Waals surface area (Å²) < 4.78 is 16.9. The Labute approximate surface area is 64.8 Å². The Hall–Kier alpha value is -1.05. The third kappa shape index (κ3) is 1.20. The fraction of sp³-hybridized carbons (Fsp3) is 0.333. The highest BCUT2D eigenvalue weighted by molar-refractivity contribution is 5.59. The van der Waals surface area contributed by atoms with Gasteiger partial charge in [0.15, 0.2) is 11.5 Å². The molecule has 0 aromatic heterocycles. The van der Waals surface area contributed by atoms with Gasteiger partial charge in [-0.15, -0.1) is 0 Å². The van der Waals surface area contributed by atoms with E-state index >= 15 is 0 Å². The lowest BCUT2D eigenvalue weighted by Gasteiger charge is -1.92. The van der Waals surface area contributed by atoms with Gasteiger partial charge < -0.3 is 4.74 Å². The second kappa shape index (κ2) is 2.53. The fourth-order valence-electron chi connectivity index (χ4n) is 1.20. The molecule has 2 rings (SSSR count). The average molecular weight is 152 g/mol. The summed E-state index contributed by atoms with van der Waals surface area (Å²) in [6, 6.07) is 5.86. The van der Waals surface area contributed by atoms with E-state index in [2.05, 4.69) is 0 Å². The Balaban J connectivity index is 2.09. The summed E-state index contributed by atoms with van der Waals surface area (Å²) in [6.07, 6.45) is 1.39. The number of benzene rings is 1. The molecule has 1 aromatic rings. The van der Waals surface area contributed by atoms with E-state index in [1.54, 1.807) is 0 Å². The lowest BCUT2D eigenvalue weighted by molar-refractivity contribution is 0.472. The van der Waals surface area contributed by atoms with Crippen molar-refractivity contribution in [1.29, 1.82) is 0 Å². The zero-order valence-electron chi connectivity index (χ0n) is 6.14. The van der Waals surface area contributed by atoms with Gasteiger partial charge >= 0.3 is 0 Å². The molecule has 1 heterocycles. The molecule has 0 spiro atoms. The number of fused-ring (bicyclic) bond motifs is 1. The molecular weight excluding hydrogens is 143 g/mol. The van der Waals surface area contributed by atoms with Crippen LogP contribution < -0.4 is 4.74 Å². The van der Waals surface area contributed by atoms with Crippen molar-refractivity contribution in [3.8, 4) is 11.5 Å². The van der Waals surface area contributed by atoms with Crippen LogP contribution in [0.4, 0.5) is 4.39 Å². The predicted molar refractivity (Wildman–Crippen MR) is 40.8 cm³/mol. The molecule has 1 aliphatic rings. The van der Waals surface area contributed by atoms with E-state index in [0.29, 0.717) is 6.42 Å². The molecule has 0 bridgehead atoms. The predicted octanol–water partition coefficient (Wildman–Crippen LogP) is 2.69. The largest absolute Gasteiger partial charge is 0.449 e. The number of halogens is 1. The Bertz CT molecular complexity index is 270. The standard InChI is InChI=1S/C9H9FO/c10-6-2-4-7-3-1-5-8-9(7)11-8/h1,3,5H,2,4,6H2. The van der Waals surface area contributed by atoms with Gasteiger partial charge in [0.2, 0.25) is 0 Å². The zero-order valence-corrected chi connectivity index (χ0v) is 6.14. The third-order valence-corrected chi connectivity index (χ3v) is 1.81. The normalized spacial score (nSPS) is 12.1. The lowest BCUT2D eigenvalue weighted by Crippen LogP contribution is -1.83. The minimum atomic E-state index is -0.246. The lowest BCUT2D eigenvalue weighted by atomic mass is 10.1. The van der Waals surface area contributed by atoms with Crippen LogP contribution in [0.3, 0.4) is 0 Å². The Kier molecular flexibility index (Phi) is 1.53. The second-order valence-electron chi connectivity index (χ2n) is 2.64. The number of ether oxygens (including phenoxy) is 1. The first kappa shape index (κ1) is 6.65. The molecule has 0 unspecified atom stereocenters. The van der Waals surface area contributed by atoms with E-state index in [9.17, 15) is 4.39 Å². The van der Waals surface area contributed by atoms with E-state index in [-0.39, 0.29) is 6.67 Å². The summed E-state index contributed by atoms with van der Waals surface area (Å²) in [6.45, 7) is -0.246. The van der Waals surface area contributed by atoms with Crippen LogP contribution in [0.25, 0.3) is 0 Å². The summed E-state index contributed by atoms with van der Waals surface area (Å²) in [7, 11) is 0. The molecule has 1 aliphatic heterocycles. The number of para-hydroxylation sites is 1. The first-order valence-electron chi connectivity index (χ1n) is 3.77. The average Bonchev–Trinajstić information content (AvgIpc) is 2.79. The van der Waals surface area contributed by atoms with Gasteiger partial charge in [-0.1, -0.05) is 12.1 Å². The molecule has 0 saturated carbocycles. The van der Waals surface area contributed by atoms with Gasteiger partial charge in [-0.25, -0.2) is 0 Å². The van der Waals surface area contributed by atoms with E-state index in [0.717, 1.165) is 23.5 Å². The fourth-order valence-corrected chi connectivity index (χ4v) is 1.20. The second-order valence-corrected chi connectivity index (χ2v) is 2.64. The van der Waals surface area contributed by atoms with Crippen molar-refractivity contribution in [3.63, 3.8) is 0 Å². The highest BCUT2D eigenvalue weighted by Crippen LogP contribution is 2.47. The first-order valence-corrected chi connectivity index (χ1v) is 3.77. The van der Waals surface area contributed by atoms with Gasteiger partial charge in [0.1, 0.15) is 0 Å². The molecule has 0 amide bonds. The molecular formula is C9H9FO. The summed E-state index contributed by atoms with van der Waals surface area (Å²) in [4.78, 5) is 0. The minimum absolute atomic E-state index is 0.246. The molecule has 0 N–H and O–H groups in total. The highest BCUT2D eigenvalue weighted by atomic mass is 19.1. The molecule has 0 aliphatic carbocycles. The van der Waals surface area contributed by atoms with Crippen molar-refractivity contribution in [2.75, 3.05) is 6.67 Å². The van der Waals surface area contributed by atoms with Crippen LogP contribution in [-0.4, -0.2) is 6.67 Å². The Morgan fingerprint density at radius 2 is 2.27 bits per heavy atom. The molecule has 1 aromatic carbocycles. The van der Waals surface area contributed by atoms with Crippen LogP contribution in [0.15, 0.2) is 18.2 Å². The number of alkyl halides is 1. The maximum atomic E-state index is 11.8. The minimum Gasteiger partial charge on any atom is -0.449 e. The number of aryl methyl sites for hydroxylation is 1. The van der Waals surface area contributed by atoms with Gasteiger partial charge in [-0.2, -0.15) is 0 Å². The zero-order chi connectivity index (χ0) is 7.68. The van der Waals surface area contributed by atoms with Crippen LogP contribution in [0.5, 0.6) is 11.5 Å². The summed E-state index contributed by atoms with van der Waals surface area (Å²) >= 11 is 0. The maximum Gasteiger partial charge on any atom is 0.173 e. The summed E-state index contributed by atoms with van der Waals surface area (Å²) in [5.41, 5.74) is 1.14. The molecule has 0 saturated heterocycles. The van der Waals surface area contributed by atoms with Crippen molar-refractivity contribution in [1.82, 2.24) is 0 Å². The molecule has 58 valence electrons. The van der Waals surface area contributed by atoms with Crippen LogP contribution in [0.1, 0.15) is 12.0 Å². The Morgan fingerprint density at radius 1 is 1.36 bits per heavy atom. The van der Waals surface area contributed by atoms with Crippen molar-refractivity contribution in [3.05, 3.63) is 23.8 Å². The molecule has 2 heteroatoms. The van der Waals surface area contributed by atoms with Crippen molar-refractivity contribution >= 4 is 0 Å². The van der Waals surface area contributed by atoms with Crippen LogP contribution >= 0.6 is 0 Å². The van der Waals surface area contributed by atoms with Crippen molar-refractivity contribution in [2.24, 2.45) is 0 Å². The quantitative estimate of drug-likeness (QED) is 0.616. The Morgan fingerprint density at radius 3 is 3.09 bits per heavy atom. The van der Waals surface area contributed by atoms with Gasteiger partial charge in [-0.3, -0.25) is 4.39 Å². The molecule has 0 fully saturated rings. The van der Waals surface area contributed by atoms with Crippen LogP contribution in [-0.2, 0) is 6.42 Å². The van der Waals surface area contributed by atoms with Crippen LogP contribution in [0, 0.1) is 0 Å². The van der Waals surface area contributed by atoms with Crippen LogP contribution in [0.2, 0.25) is 0 Å². The molecule has 11 heavy (non-hydrogen) atoms. The molecule has 1 nitrogen and oxygen atoms in total. The van der Waals surface area contributed by atoms with Gasteiger partial charge in [0.25, 0.3) is 0 Å². The molecule has 0 radical (unpaired) electrons. The topological polar surface area (TPSA) is 12.5 Å². The number of hydrogen-bond acceptors (Lipinski definition) is 1. The first-order chi connectivity index (χ1) is 5.42. The van der Waals surface area contributed by atoms with Gasteiger partial charge in [-0.05, 0) is 24.5 Å². The number of hydrogen-bond donors (Lipinski definition) is 0. The van der Waals surface area contributed by atoms with Gasteiger partial charge in [0, 0.05) is 0 Å². The van der Waals surface area contributed by atoms with E-state index in [4.69, 9.17) is 4.74 Å². The maximum absolute atomic E-state index is 11.8. The van der Waals surface area contributed by atoms with E-state index in [1.165, 1.54) is 0 Å². The number of rotatable bonds is 3. The summed E-state index contributed by atoms with van der Waals surface area (Å²) in [5.74, 6) is 1.93. The van der Waals surface area contributed by atoms with E-state index < -0.39 is 0 Å². The molecule has 0 atom stereocenters. The van der Waals surface area contributed by atoms with Gasteiger partial charge in [0.05, 0.1) is 6.67 Å². The van der Waals surface area contributed by atoms with Crippen molar-refractivity contribution in [2.45, 2.75) is 12.8 Å². The third-order valence-electron chi connectivity index (χ3n) is 1.81.